The Kier molecular flexibility index (Phi) is 3.38. The third kappa shape index (κ3) is 2.51. The molecule has 0 aliphatic heterocycles. The lowest BCUT2D eigenvalue weighted by Crippen LogP contribution is -2.18. The highest BCUT2D eigenvalue weighted by molar-refractivity contribution is 7.89. The van der Waals surface area contributed by atoms with E-state index in [1.54, 1.807) is 0 Å². The molecule has 0 unspecified atom stereocenters. The second kappa shape index (κ2) is 4.37. The van der Waals surface area contributed by atoms with Gasteiger partial charge in [-0.25, -0.2) is 17.5 Å². The number of halogens is 1. The van der Waals surface area contributed by atoms with Crippen molar-refractivity contribution >= 4 is 22.1 Å². The van der Waals surface area contributed by atoms with E-state index in [-0.39, 0.29) is 17.0 Å². The standard InChI is InChI=1S/C8H9FN2O3S/c1-10-15(13,14)6-2-3-7(9)8(4-6)11-5-12/h2-5,10H,1H3,(H,11,12). The molecule has 15 heavy (non-hydrogen) atoms. The lowest BCUT2D eigenvalue weighted by molar-refractivity contribution is -0.105. The summed E-state index contributed by atoms with van der Waals surface area (Å²) in [7, 11) is -2.39. The SMILES string of the molecule is CNS(=O)(=O)c1ccc(F)c(NC=O)c1. The van der Waals surface area contributed by atoms with Crippen molar-refractivity contribution in [2.45, 2.75) is 4.90 Å². The Morgan fingerprint density at radius 2 is 2.07 bits per heavy atom. The van der Waals surface area contributed by atoms with Crippen LogP contribution in [0.3, 0.4) is 0 Å². The van der Waals surface area contributed by atoms with Crippen LogP contribution in [0.1, 0.15) is 0 Å². The Balaban J connectivity index is 3.24. The van der Waals surface area contributed by atoms with Gasteiger partial charge in [0.1, 0.15) is 5.82 Å². The first-order valence-electron chi connectivity index (χ1n) is 3.94. The van der Waals surface area contributed by atoms with Gasteiger partial charge in [0, 0.05) is 0 Å². The van der Waals surface area contributed by atoms with Crippen molar-refractivity contribution in [2.75, 3.05) is 12.4 Å². The number of hydrogen-bond acceptors (Lipinski definition) is 3. The molecule has 0 aliphatic carbocycles. The number of carbonyl (C=O) groups excluding carboxylic acids is 1. The van der Waals surface area contributed by atoms with Crippen LogP contribution in [0.2, 0.25) is 0 Å². The smallest absolute Gasteiger partial charge is 0.240 e. The topological polar surface area (TPSA) is 75.3 Å². The quantitative estimate of drug-likeness (QED) is 0.733. The Morgan fingerprint density at radius 1 is 1.40 bits per heavy atom. The second-order valence-corrected chi connectivity index (χ2v) is 4.50. The molecule has 0 aromatic heterocycles. The minimum atomic E-state index is -3.63. The second-order valence-electron chi connectivity index (χ2n) is 2.61. The van der Waals surface area contributed by atoms with Gasteiger partial charge in [-0.15, -0.1) is 0 Å². The summed E-state index contributed by atoms with van der Waals surface area (Å²) in [6.45, 7) is 0. The maximum Gasteiger partial charge on any atom is 0.240 e. The van der Waals surface area contributed by atoms with Crippen LogP contribution in [0.25, 0.3) is 0 Å². The average Bonchev–Trinajstić information content (AvgIpc) is 2.21. The maximum absolute atomic E-state index is 13.0. The van der Waals surface area contributed by atoms with Gasteiger partial charge in [-0.2, -0.15) is 0 Å². The predicted molar refractivity (Wildman–Crippen MR) is 52.3 cm³/mol. The van der Waals surface area contributed by atoms with Crippen molar-refractivity contribution in [3.63, 3.8) is 0 Å². The number of sulfonamides is 1. The van der Waals surface area contributed by atoms with E-state index in [0.29, 0.717) is 0 Å². The molecular formula is C8H9FN2O3S. The van der Waals surface area contributed by atoms with Gasteiger partial charge in [0.25, 0.3) is 0 Å². The molecule has 0 spiro atoms. The minimum Gasteiger partial charge on any atom is -0.326 e. The van der Waals surface area contributed by atoms with Crippen LogP contribution in [-0.2, 0) is 14.8 Å². The van der Waals surface area contributed by atoms with Crippen molar-refractivity contribution < 1.29 is 17.6 Å². The zero-order valence-corrected chi connectivity index (χ0v) is 8.64. The fourth-order valence-corrected chi connectivity index (χ4v) is 1.72. The van der Waals surface area contributed by atoms with Gasteiger partial charge in [0.2, 0.25) is 16.4 Å². The van der Waals surface area contributed by atoms with E-state index in [1.807, 2.05) is 0 Å². The molecule has 0 bridgehead atoms. The number of amides is 1. The molecule has 5 nitrogen and oxygen atoms in total. The van der Waals surface area contributed by atoms with Crippen LogP contribution < -0.4 is 10.0 Å². The van der Waals surface area contributed by atoms with Gasteiger partial charge >= 0.3 is 0 Å². The highest BCUT2D eigenvalue weighted by Crippen LogP contribution is 2.18. The Bertz CT molecular complexity index is 473. The first-order valence-corrected chi connectivity index (χ1v) is 5.43. The van der Waals surface area contributed by atoms with Crippen molar-refractivity contribution in [1.29, 1.82) is 0 Å². The fraction of sp³-hybridized carbons (Fsp3) is 0.125. The van der Waals surface area contributed by atoms with Crippen LogP contribution in [0, 0.1) is 5.82 Å². The van der Waals surface area contributed by atoms with E-state index in [4.69, 9.17) is 0 Å². The van der Waals surface area contributed by atoms with Gasteiger partial charge in [0.05, 0.1) is 10.6 Å². The molecule has 0 saturated heterocycles. The molecule has 1 amide bonds. The molecule has 1 rings (SSSR count). The van der Waals surface area contributed by atoms with Crippen LogP contribution in [0.5, 0.6) is 0 Å². The highest BCUT2D eigenvalue weighted by atomic mass is 32.2. The van der Waals surface area contributed by atoms with Crippen LogP contribution in [0.4, 0.5) is 10.1 Å². The number of rotatable bonds is 4. The lowest BCUT2D eigenvalue weighted by atomic mass is 10.3. The fourth-order valence-electron chi connectivity index (χ4n) is 0.963. The van der Waals surface area contributed by atoms with E-state index >= 15 is 0 Å². The molecule has 7 heteroatoms. The Hall–Kier alpha value is -1.47. The molecule has 0 aliphatic rings. The van der Waals surface area contributed by atoms with E-state index in [0.717, 1.165) is 18.2 Å². The third-order valence-electron chi connectivity index (χ3n) is 1.73. The zero-order chi connectivity index (χ0) is 11.5. The van der Waals surface area contributed by atoms with E-state index < -0.39 is 15.8 Å². The molecule has 1 aromatic rings. The Morgan fingerprint density at radius 3 is 2.60 bits per heavy atom. The molecular weight excluding hydrogens is 223 g/mol. The van der Waals surface area contributed by atoms with Crippen molar-refractivity contribution in [2.24, 2.45) is 0 Å². The zero-order valence-electron chi connectivity index (χ0n) is 7.82. The number of anilines is 1. The van der Waals surface area contributed by atoms with Crippen LogP contribution >= 0.6 is 0 Å². The van der Waals surface area contributed by atoms with Gasteiger partial charge in [-0.3, -0.25) is 4.79 Å². The lowest BCUT2D eigenvalue weighted by Gasteiger charge is -2.05. The number of hydrogen-bond donors (Lipinski definition) is 2. The number of carbonyl (C=O) groups is 1. The summed E-state index contributed by atoms with van der Waals surface area (Å²) in [5, 5.41) is 2.06. The van der Waals surface area contributed by atoms with Crippen LogP contribution in [-0.4, -0.2) is 21.9 Å². The first kappa shape index (κ1) is 11.6. The molecule has 82 valence electrons. The van der Waals surface area contributed by atoms with Crippen LogP contribution in [0.15, 0.2) is 23.1 Å². The predicted octanol–water partition coefficient (Wildman–Crippen LogP) is 0.302. The molecule has 0 heterocycles. The first-order chi connectivity index (χ1) is 7.01. The van der Waals surface area contributed by atoms with E-state index in [2.05, 4.69) is 10.0 Å². The summed E-state index contributed by atoms with van der Waals surface area (Å²) in [6, 6.07) is 3.11. The summed E-state index contributed by atoms with van der Waals surface area (Å²) >= 11 is 0. The summed E-state index contributed by atoms with van der Waals surface area (Å²) in [4.78, 5) is 10.00. The number of nitrogens with one attached hydrogen (secondary N) is 2. The van der Waals surface area contributed by atoms with Gasteiger partial charge in [-0.05, 0) is 25.2 Å². The summed E-state index contributed by atoms with van der Waals surface area (Å²) < 4.78 is 37.7. The van der Waals surface area contributed by atoms with Gasteiger partial charge in [0.15, 0.2) is 0 Å². The molecule has 0 fully saturated rings. The largest absolute Gasteiger partial charge is 0.326 e. The minimum absolute atomic E-state index is 0.115. The summed E-state index contributed by atoms with van der Waals surface area (Å²) in [5.41, 5.74) is -0.179. The molecule has 0 saturated carbocycles. The highest BCUT2D eigenvalue weighted by Gasteiger charge is 2.13. The van der Waals surface area contributed by atoms with Crippen molar-refractivity contribution in [3.8, 4) is 0 Å². The molecule has 0 atom stereocenters. The average molecular weight is 232 g/mol. The monoisotopic (exact) mass is 232 g/mol. The molecule has 2 N–H and O–H groups in total. The summed E-state index contributed by atoms with van der Waals surface area (Å²) in [6.07, 6.45) is 0.272. The van der Waals surface area contributed by atoms with Crippen molar-refractivity contribution in [1.82, 2.24) is 4.72 Å². The van der Waals surface area contributed by atoms with E-state index in [9.17, 15) is 17.6 Å². The molecule has 0 radical (unpaired) electrons. The summed E-state index contributed by atoms with van der Waals surface area (Å²) in [5.74, 6) is -0.697. The van der Waals surface area contributed by atoms with Gasteiger partial charge < -0.3 is 5.32 Å². The van der Waals surface area contributed by atoms with Gasteiger partial charge in [-0.1, -0.05) is 0 Å². The Labute approximate surface area is 86.3 Å². The van der Waals surface area contributed by atoms with E-state index in [1.165, 1.54) is 7.05 Å². The van der Waals surface area contributed by atoms with Crippen molar-refractivity contribution in [3.05, 3.63) is 24.0 Å². The third-order valence-corrected chi connectivity index (χ3v) is 3.14. The maximum atomic E-state index is 13.0. The normalized spacial score (nSPS) is 11.1. The molecule has 1 aromatic carbocycles. The number of benzene rings is 1.